The number of piperazine rings is 1. The van der Waals surface area contributed by atoms with Gasteiger partial charge in [0.15, 0.2) is 0 Å². The topological polar surface area (TPSA) is 47.5 Å². The summed E-state index contributed by atoms with van der Waals surface area (Å²) in [5, 5.41) is 9.45. The molecule has 0 bridgehead atoms. The molecule has 1 aliphatic rings. The molecule has 1 aromatic heterocycles. The SMILES string of the molecule is [C-]#[N+]c1c(N2CCN(CCC)CC2)nc(Cl)c(C#N)c1CC. The first-order valence-electron chi connectivity index (χ1n) is 7.63. The van der Waals surface area contributed by atoms with Gasteiger partial charge in [0.2, 0.25) is 5.69 Å². The Morgan fingerprint density at radius 1 is 1.32 bits per heavy atom. The van der Waals surface area contributed by atoms with E-state index in [0.29, 0.717) is 29.1 Å². The van der Waals surface area contributed by atoms with Gasteiger partial charge in [-0.15, -0.1) is 0 Å². The van der Waals surface area contributed by atoms with Gasteiger partial charge in [-0.2, -0.15) is 5.26 Å². The Kier molecular flexibility index (Phi) is 5.60. The van der Waals surface area contributed by atoms with E-state index in [0.717, 1.165) is 39.1 Å². The monoisotopic (exact) mass is 317 g/mol. The van der Waals surface area contributed by atoms with E-state index in [2.05, 4.69) is 32.6 Å². The molecule has 0 spiro atoms. The van der Waals surface area contributed by atoms with Gasteiger partial charge >= 0.3 is 0 Å². The van der Waals surface area contributed by atoms with E-state index < -0.39 is 0 Å². The molecule has 0 saturated carbocycles. The van der Waals surface area contributed by atoms with E-state index in [1.807, 2.05) is 6.92 Å². The number of hydrogen-bond donors (Lipinski definition) is 0. The van der Waals surface area contributed by atoms with E-state index >= 15 is 0 Å². The number of nitriles is 1. The first-order chi connectivity index (χ1) is 10.7. The summed E-state index contributed by atoms with van der Waals surface area (Å²) in [6.45, 7) is 16.3. The minimum Gasteiger partial charge on any atom is -0.363 e. The highest BCUT2D eigenvalue weighted by Gasteiger charge is 2.24. The summed E-state index contributed by atoms with van der Waals surface area (Å²) in [4.78, 5) is 12.5. The second-order valence-corrected chi connectivity index (χ2v) is 5.69. The lowest BCUT2D eigenvalue weighted by Gasteiger charge is -2.36. The molecular formula is C16H20ClN5. The molecule has 6 heteroatoms. The third-order valence-corrected chi connectivity index (χ3v) is 4.27. The zero-order valence-corrected chi connectivity index (χ0v) is 13.8. The molecule has 0 N–H and O–H groups in total. The van der Waals surface area contributed by atoms with Crippen molar-refractivity contribution in [3.05, 3.63) is 27.7 Å². The molecule has 0 aliphatic carbocycles. The summed E-state index contributed by atoms with van der Waals surface area (Å²) >= 11 is 6.17. The van der Waals surface area contributed by atoms with Gasteiger partial charge < -0.3 is 4.90 Å². The van der Waals surface area contributed by atoms with Crippen LogP contribution in [0, 0.1) is 17.9 Å². The van der Waals surface area contributed by atoms with E-state index in [1.165, 1.54) is 0 Å². The maximum atomic E-state index is 9.25. The Hall–Kier alpha value is -1.82. The summed E-state index contributed by atoms with van der Waals surface area (Å²) < 4.78 is 0. The largest absolute Gasteiger partial charge is 0.363 e. The lowest BCUT2D eigenvalue weighted by molar-refractivity contribution is 0.258. The van der Waals surface area contributed by atoms with Gasteiger partial charge in [-0.3, -0.25) is 4.90 Å². The zero-order chi connectivity index (χ0) is 16.1. The van der Waals surface area contributed by atoms with Crippen LogP contribution >= 0.6 is 11.6 Å². The minimum atomic E-state index is 0.206. The maximum Gasteiger partial charge on any atom is 0.232 e. The Balaban J connectivity index is 2.35. The van der Waals surface area contributed by atoms with Gasteiger partial charge in [0.25, 0.3) is 0 Å². The van der Waals surface area contributed by atoms with Crippen LogP contribution in [0.3, 0.4) is 0 Å². The Morgan fingerprint density at radius 2 is 2.00 bits per heavy atom. The third-order valence-electron chi connectivity index (χ3n) is 4.00. The van der Waals surface area contributed by atoms with Crippen LogP contribution in [0.15, 0.2) is 0 Å². The average molecular weight is 318 g/mol. The number of hydrogen-bond acceptors (Lipinski definition) is 4. The highest BCUT2D eigenvalue weighted by atomic mass is 35.5. The van der Waals surface area contributed by atoms with Crippen LogP contribution in [-0.4, -0.2) is 42.6 Å². The fraction of sp³-hybridized carbons (Fsp3) is 0.562. The van der Waals surface area contributed by atoms with Crippen molar-refractivity contribution in [2.45, 2.75) is 26.7 Å². The maximum absolute atomic E-state index is 9.25. The van der Waals surface area contributed by atoms with Gasteiger partial charge in [0.05, 0.1) is 12.1 Å². The molecule has 0 unspecified atom stereocenters. The Morgan fingerprint density at radius 3 is 2.50 bits per heavy atom. The molecule has 0 radical (unpaired) electrons. The fourth-order valence-corrected chi connectivity index (χ4v) is 3.11. The summed E-state index contributed by atoms with van der Waals surface area (Å²) in [7, 11) is 0. The highest BCUT2D eigenvalue weighted by molar-refractivity contribution is 6.31. The van der Waals surface area contributed by atoms with Crippen molar-refractivity contribution in [2.75, 3.05) is 37.6 Å². The standard InChI is InChI=1S/C16H20ClN5/c1-4-6-21-7-9-22(10-8-21)16-14(19-3)12(5-2)13(11-18)15(17)20-16/h4-10H2,1-2H3. The van der Waals surface area contributed by atoms with Crippen LogP contribution in [0.25, 0.3) is 4.85 Å². The number of halogens is 1. The summed E-state index contributed by atoms with van der Waals surface area (Å²) in [5.74, 6) is 0.631. The van der Waals surface area contributed by atoms with E-state index in [4.69, 9.17) is 18.2 Å². The molecule has 5 nitrogen and oxygen atoms in total. The molecule has 1 aromatic rings. The van der Waals surface area contributed by atoms with Gasteiger partial charge in [0.1, 0.15) is 17.0 Å². The molecule has 0 aromatic carbocycles. The Bertz CT molecular complexity index is 621. The van der Waals surface area contributed by atoms with Crippen LogP contribution in [-0.2, 0) is 6.42 Å². The van der Waals surface area contributed by atoms with Crippen LogP contribution in [0.2, 0.25) is 5.15 Å². The summed E-state index contributed by atoms with van der Waals surface area (Å²) in [6.07, 6.45) is 1.75. The molecule has 2 heterocycles. The highest BCUT2D eigenvalue weighted by Crippen LogP contribution is 2.36. The number of anilines is 1. The molecular weight excluding hydrogens is 298 g/mol. The molecule has 2 rings (SSSR count). The lowest BCUT2D eigenvalue weighted by Crippen LogP contribution is -2.46. The van der Waals surface area contributed by atoms with Crippen LogP contribution in [0.5, 0.6) is 0 Å². The van der Waals surface area contributed by atoms with Crippen molar-refractivity contribution in [1.29, 1.82) is 5.26 Å². The Labute approximate surface area is 136 Å². The van der Waals surface area contributed by atoms with Crippen molar-refractivity contribution in [1.82, 2.24) is 9.88 Å². The smallest absolute Gasteiger partial charge is 0.232 e. The number of rotatable bonds is 4. The third kappa shape index (κ3) is 3.16. The lowest BCUT2D eigenvalue weighted by atomic mass is 10.1. The fourth-order valence-electron chi connectivity index (χ4n) is 2.87. The minimum absolute atomic E-state index is 0.206. The predicted molar refractivity (Wildman–Crippen MR) is 88.5 cm³/mol. The summed E-state index contributed by atoms with van der Waals surface area (Å²) in [6, 6.07) is 2.08. The second kappa shape index (κ2) is 7.45. The molecule has 116 valence electrons. The predicted octanol–water partition coefficient (Wildman–Crippen LogP) is 3.25. The van der Waals surface area contributed by atoms with Crippen LogP contribution < -0.4 is 4.90 Å². The van der Waals surface area contributed by atoms with E-state index in [1.54, 1.807) is 0 Å². The molecule has 22 heavy (non-hydrogen) atoms. The number of aromatic nitrogens is 1. The van der Waals surface area contributed by atoms with Crippen LogP contribution in [0.4, 0.5) is 11.5 Å². The first-order valence-corrected chi connectivity index (χ1v) is 8.01. The van der Waals surface area contributed by atoms with Gasteiger partial charge in [0, 0.05) is 26.2 Å². The quantitative estimate of drug-likeness (QED) is 0.632. The average Bonchev–Trinajstić information content (AvgIpc) is 2.54. The number of nitrogens with zero attached hydrogens (tertiary/aromatic N) is 5. The summed E-state index contributed by atoms with van der Waals surface area (Å²) in [5.41, 5.74) is 1.53. The van der Waals surface area contributed by atoms with E-state index in [-0.39, 0.29) is 5.15 Å². The first kappa shape index (κ1) is 16.5. The molecule has 0 amide bonds. The molecule has 1 aliphatic heterocycles. The van der Waals surface area contributed by atoms with E-state index in [9.17, 15) is 5.26 Å². The second-order valence-electron chi connectivity index (χ2n) is 5.33. The van der Waals surface area contributed by atoms with Crippen molar-refractivity contribution >= 4 is 23.1 Å². The van der Waals surface area contributed by atoms with Gasteiger partial charge in [-0.05, 0) is 24.9 Å². The molecule has 1 fully saturated rings. The number of pyridine rings is 1. The van der Waals surface area contributed by atoms with Crippen molar-refractivity contribution in [2.24, 2.45) is 0 Å². The zero-order valence-electron chi connectivity index (χ0n) is 13.1. The van der Waals surface area contributed by atoms with Crippen molar-refractivity contribution in [3.63, 3.8) is 0 Å². The van der Waals surface area contributed by atoms with Crippen molar-refractivity contribution in [3.8, 4) is 6.07 Å². The van der Waals surface area contributed by atoms with Gasteiger partial charge in [-0.1, -0.05) is 25.4 Å². The van der Waals surface area contributed by atoms with Gasteiger partial charge in [-0.25, -0.2) is 9.83 Å². The normalized spacial score (nSPS) is 15.4. The molecule has 0 atom stereocenters. The van der Waals surface area contributed by atoms with Crippen molar-refractivity contribution < 1.29 is 0 Å². The van der Waals surface area contributed by atoms with Crippen LogP contribution in [0.1, 0.15) is 31.4 Å². The molecule has 1 saturated heterocycles.